The molecule has 2 aromatic carbocycles. The summed E-state index contributed by atoms with van der Waals surface area (Å²) >= 11 is 1.80. The number of aromatic nitrogens is 1. The number of esters is 1. The number of hydrogen-bond donors (Lipinski definition) is 0. The molecule has 138 valence electrons. The molecule has 0 fully saturated rings. The Labute approximate surface area is 162 Å². The SMILES string of the molecule is CCOC(=O)COc1cccc2c1CCc1sc(Cc3ccccc3)nc1-2. The molecule has 0 unspecified atom stereocenters. The van der Waals surface area contributed by atoms with Gasteiger partial charge in [-0.3, -0.25) is 0 Å². The summed E-state index contributed by atoms with van der Waals surface area (Å²) in [6.07, 6.45) is 2.70. The molecule has 4 rings (SSSR count). The quantitative estimate of drug-likeness (QED) is 0.594. The highest BCUT2D eigenvalue weighted by Crippen LogP contribution is 2.40. The van der Waals surface area contributed by atoms with E-state index >= 15 is 0 Å². The van der Waals surface area contributed by atoms with Gasteiger partial charge < -0.3 is 9.47 Å². The van der Waals surface area contributed by atoms with Crippen LogP contribution in [-0.4, -0.2) is 24.2 Å². The third-order valence-corrected chi connectivity index (χ3v) is 5.70. The Morgan fingerprint density at radius 1 is 1.11 bits per heavy atom. The number of ether oxygens (including phenoxy) is 2. The van der Waals surface area contributed by atoms with Crippen molar-refractivity contribution in [3.05, 3.63) is 69.5 Å². The second kappa shape index (κ2) is 7.92. The predicted octanol–water partition coefficient (Wildman–Crippen LogP) is 4.44. The fraction of sp³-hybridized carbons (Fsp3) is 0.273. The molecule has 0 spiro atoms. The van der Waals surface area contributed by atoms with Gasteiger partial charge in [0.05, 0.1) is 17.3 Å². The molecule has 3 aromatic rings. The Hall–Kier alpha value is -2.66. The Bertz CT molecular complexity index is 949. The smallest absolute Gasteiger partial charge is 0.344 e. The van der Waals surface area contributed by atoms with Gasteiger partial charge in [0, 0.05) is 22.4 Å². The van der Waals surface area contributed by atoms with E-state index in [0.29, 0.717) is 6.61 Å². The molecule has 1 heterocycles. The van der Waals surface area contributed by atoms with Crippen LogP contribution in [0.3, 0.4) is 0 Å². The van der Waals surface area contributed by atoms with Crippen molar-refractivity contribution >= 4 is 17.3 Å². The number of carbonyl (C=O) groups is 1. The Balaban J connectivity index is 1.58. The van der Waals surface area contributed by atoms with Crippen LogP contribution in [0.15, 0.2) is 48.5 Å². The summed E-state index contributed by atoms with van der Waals surface area (Å²) in [4.78, 5) is 17.9. The van der Waals surface area contributed by atoms with Gasteiger partial charge in [0.15, 0.2) is 6.61 Å². The normalized spacial score (nSPS) is 12.2. The third-order valence-electron chi connectivity index (χ3n) is 4.58. The molecular weight excluding hydrogens is 358 g/mol. The minimum atomic E-state index is -0.342. The van der Waals surface area contributed by atoms with Gasteiger partial charge in [-0.05, 0) is 31.4 Å². The molecular formula is C22H21NO3S. The van der Waals surface area contributed by atoms with Gasteiger partial charge >= 0.3 is 5.97 Å². The van der Waals surface area contributed by atoms with E-state index in [1.807, 2.05) is 18.2 Å². The number of rotatable bonds is 6. The minimum absolute atomic E-state index is 0.0620. The monoisotopic (exact) mass is 379 g/mol. The molecule has 0 amide bonds. The van der Waals surface area contributed by atoms with Crippen molar-refractivity contribution in [3.8, 4) is 17.0 Å². The molecule has 0 N–H and O–H groups in total. The molecule has 1 aliphatic carbocycles. The summed E-state index contributed by atoms with van der Waals surface area (Å²) in [5, 5.41) is 1.14. The number of aryl methyl sites for hydroxylation is 1. The van der Waals surface area contributed by atoms with E-state index in [1.54, 1.807) is 18.3 Å². The van der Waals surface area contributed by atoms with E-state index in [0.717, 1.165) is 46.8 Å². The lowest BCUT2D eigenvalue weighted by atomic mass is 9.92. The molecule has 5 heteroatoms. The summed E-state index contributed by atoms with van der Waals surface area (Å²) in [6.45, 7) is 2.09. The number of fused-ring (bicyclic) bond motifs is 3. The van der Waals surface area contributed by atoms with Crippen LogP contribution in [0.4, 0.5) is 0 Å². The summed E-state index contributed by atoms with van der Waals surface area (Å²) in [5.41, 5.74) is 4.59. The fourth-order valence-electron chi connectivity index (χ4n) is 3.38. The van der Waals surface area contributed by atoms with Crippen molar-refractivity contribution in [2.75, 3.05) is 13.2 Å². The van der Waals surface area contributed by atoms with Crippen molar-refractivity contribution in [2.24, 2.45) is 0 Å². The second-order valence-electron chi connectivity index (χ2n) is 6.42. The van der Waals surface area contributed by atoms with E-state index < -0.39 is 0 Å². The average molecular weight is 379 g/mol. The first kappa shape index (κ1) is 17.7. The zero-order chi connectivity index (χ0) is 18.6. The molecule has 0 saturated heterocycles. The van der Waals surface area contributed by atoms with Crippen LogP contribution in [0.2, 0.25) is 0 Å². The van der Waals surface area contributed by atoms with E-state index in [2.05, 4.69) is 30.3 Å². The molecule has 1 aromatic heterocycles. The molecule has 0 saturated carbocycles. The van der Waals surface area contributed by atoms with E-state index in [-0.39, 0.29) is 12.6 Å². The lowest BCUT2D eigenvalue weighted by Gasteiger charge is -2.18. The first-order chi connectivity index (χ1) is 13.2. The van der Waals surface area contributed by atoms with Gasteiger partial charge in [0.25, 0.3) is 0 Å². The molecule has 4 nitrogen and oxygen atoms in total. The number of nitrogens with zero attached hydrogens (tertiary/aromatic N) is 1. The number of hydrogen-bond acceptors (Lipinski definition) is 5. The van der Waals surface area contributed by atoms with Crippen LogP contribution < -0.4 is 4.74 Å². The summed E-state index contributed by atoms with van der Waals surface area (Å²) in [6, 6.07) is 16.4. The molecule has 0 radical (unpaired) electrons. The van der Waals surface area contributed by atoms with Gasteiger partial charge in [0.2, 0.25) is 0 Å². The highest BCUT2D eigenvalue weighted by molar-refractivity contribution is 7.12. The molecule has 0 atom stereocenters. The van der Waals surface area contributed by atoms with Crippen LogP contribution >= 0.6 is 11.3 Å². The highest BCUT2D eigenvalue weighted by atomic mass is 32.1. The van der Waals surface area contributed by atoms with Gasteiger partial charge in [-0.15, -0.1) is 11.3 Å². The first-order valence-electron chi connectivity index (χ1n) is 9.17. The summed E-state index contributed by atoms with van der Waals surface area (Å²) < 4.78 is 10.7. The largest absolute Gasteiger partial charge is 0.482 e. The number of thiazole rings is 1. The molecule has 1 aliphatic rings. The number of benzene rings is 2. The molecule has 27 heavy (non-hydrogen) atoms. The standard InChI is InChI=1S/C22H21NO3S/c1-2-25-21(24)14-26-18-10-6-9-17-16(18)11-12-19-22(17)23-20(27-19)13-15-7-4-3-5-8-15/h3-10H,2,11-14H2,1H3. The van der Waals surface area contributed by atoms with Crippen molar-refractivity contribution < 1.29 is 14.3 Å². The van der Waals surface area contributed by atoms with Crippen molar-refractivity contribution in [1.82, 2.24) is 4.98 Å². The highest BCUT2D eigenvalue weighted by Gasteiger charge is 2.23. The first-order valence-corrected chi connectivity index (χ1v) is 9.99. The van der Waals surface area contributed by atoms with E-state index in [9.17, 15) is 4.79 Å². The van der Waals surface area contributed by atoms with Gasteiger partial charge in [-0.25, -0.2) is 9.78 Å². The lowest BCUT2D eigenvalue weighted by molar-refractivity contribution is -0.145. The topological polar surface area (TPSA) is 48.4 Å². The van der Waals surface area contributed by atoms with Crippen molar-refractivity contribution in [1.29, 1.82) is 0 Å². The number of carbonyl (C=O) groups excluding carboxylic acids is 1. The minimum Gasteiger partial charge on any atom is -0.482 e. The van der Waals surface area contributed by atoms with Crippen LogP contribution in [0.25, 0.3) is 11.3 Å². The van der Waals surface area contributed by atoms with Gasteiger partial charge in [-0.1, -0.05) is 42.5 Å². The zero-order valence-corrected chi connectivity index (χ0v) is 16.1. The van der Waals surface area contributed by atoms with Crippen LogP contribution in [-0.2, 0) is 28.8 Å². The van der Waals surface area contributed by atoms with Gasteiger partial charge in [0.1, 0.15) is 5.75 Å². The van der Waals surface area contributed by atoms with Gasteiger partial charge in [-0.2, -0.15) is 0 Å². The molecule has 0 aliphatic heterocycles. The second-order valence-corrected chi connectivity index (χ2v) is 7.59. The van der Waals surface area contributed by atoms with Crippen LogP contribution in [0.1, 0.15) is 27.9 Å². The maximum Gasteiger partial charge on any atom is 0.344 e. The van der Waals surface area contributed by atoms with Crippen molar-refractivity contribution in [2.45, 2.75) is 26.2 Å². The van der Waals surface area contributed by atoms with Crippen LogP contribution in [0, 0.1) is 0 Å². The van der Waals surface area contributed by atoms with Crippen LogP contribution in [0.5, 0.6) is 5.75 Å². The maximum absolute atomic E-state index is 11.6. The summed E-state index contributed by atoms with van der Waals surface area (Å²) in [7, 11) is 0. The predicted molar refractivity (Wildman–Crippen MR) is 106 cm³/mol. The summed E-state index contributed by atoms with van der Waals surface area (Å²) in [5.74, 6) is 0.411. The molecule has 0 bridgehead atoms. The fourth-order valence-corrected chi connectivity index (χ4v) is 4.50. The Kier molecular flexibility index (Phi) is 5.21. The maximum atomic E-state index is 11.6. The zero-order valence-electron chi connectivity index (χ0n) is 15.2. The van der Waals surface area contributed by atoms with E-state index in [1.165, 1.54) is 10.4 Å². The van der Waals surface area contributed by atoms with Crippen molar-refractivity contribution in [3.63, 3.8) is 0 Å². The lowest BCUT2D eigenvalue weighted by Crippen LogP contribution is -2.16. The Morgan fingerprint density at radius 2 is 1.96 bits per heavy atom. The average Bonchev–Trinajstić information content (AvgIpc) is 3.10. The van der Waals surface area contributed by atoms with E-state index in [4.69, 9.17) is 14.5 Å². The Morgan fingerprint density at radius 3 is 2.78 bits per heavy atom. The third kappa shape index (κ3) is 3.88.